The summed E-state index contributed by atoms with van der Waals surface area (Å²) in [6.07, 6.45) is 1.72. The topological polar surface area (TPSA) is 195 Å². The number of ether oxygens (including phenoxy) is 4. The van der Waals surface area contributed by atoms with E-state index in [4.69, 9.17) is 35.6 Å². The van der Waals surface area contributed by atoms with E-state index in [1.54, 1.807) is 76.3 Å². The van der Waals surface area contributed by atoms with E-state index < -0.39 is 36.0 Å². The second kappa shape index (κ2) is 20.0. The van der Waals surface area contributed by atoms with Crippen molar-refractivity contribution in [3.05, 3.63) is 89.0 Å². The monoisotopic (exact) mass is 942 g/mol. The van der Waals surface area contributed by atoms with E-state index in [9.17, 15) is 28.6 Å². The predicted molar refractivity (Wildman–Crippen MR) is 248 cm³/mol. The maximum Gasteiger partial charge on any atom is 0.420 e. The molecule has 0 unspecified atom stereocenters. The lowest BCUT2D eigenvalue weighted by molar-refractivity contribution is -0.142. The maximum absolute atomic E-state index is 14.7. The van der Waals surface area contributed by atoms with Gasteiger partial charge in [-0.3, -0.25) is 9.78 Å². The highest BCUT2D eigenvalue weighted by Gasteiger charge is 2.33. The zero-order valence-electron chi connectivity index (χ0n) is 37.8. The second-order valence-corrected chi connectivity index (χ2v) is 18.1. The van der Waals surface area contributed by atoms with Gasteiger partial charge in [0.05, 0.1) is 72.0 Å². The number of fused-ring (bicyclic) bond motifs is 2. The lowest BCUT2D eigenvalue weighted by atomic mass is 9.86. The van der Waals surface area contributed by atoms with Crippen molar-refractivity contribution in [2.24, 2.45) is 5.92 Å². The van der Waals surface area contributed by atoms with E-state index >= 15 is 0 Å². The van der Waals surface area contributed by atoms with E-state index in [2.05, 4.69) is 25.6 Å². The van der Waals surface area contributed by atoms with Gasteiger partial charge in [0.2, 0.25) is 0 Å². The molecule has 2 atom stereocenters. The van der Waals surface area contributed by atoms with E-state index in [0.29, 0.717) is 96.6 Å². The van der Waals surface area contributed by atoms with Crippen LogP contribution in [-0.4, -0.2) is 98.2 Å². The molecule has 67 heavy (non-hydrogen) atoms. The Morgan fingerprint density at radius 3 is 2.34 bits per heavy atom. The van der Waals surface area contributed by atoms with E-state index in [-0.39, 0.29) is 52.2 Å². The first kappa shape index (κ1) is 47.4. The van der Waals surface area contributed by atoms with Crippen molar-refractivity contribution >= 4 is 57.1 Å². The van der Waals surface area contributed by atoms with Gasteiger partial charge in [-0.05, 0) is 82.2 Å². The Morgan fingerprint density at radius 2 is 1.67 bits per heavy atom. The summed E-state index contributed by atoms with van der Waals surface area (Å²) in [6.45, 7) is 6.56. The summed E-state index contributed by atoms with van der Waals surface area (Å²) < 4.78 is 54.0. The number of amides is 1. The number of carbonyl (C=O) groups is 2. The zero-order chi connectivity index (χ0) is 47.6. The number of alkyl halides is 2. The number of pyridine rings is 1. The molecule has 1 amide bonds. The molecule has 1 saturated carbocycles. The number of rotatable bonds is 14. The van der Waals surface area contributed by atoms with Crippen LogP contribution in [0.15, 0.2) is 67.0 Å². The summed E-state index contributed by atoms with van der Waals surface area (Å²) in [6, 6.07) is 15.9. The molecule has 4 heterocycles. The number of nitrogens with zero attached hydrogens (tertiary/aromatic N) is 6. The van der Waals surface area contributed by atoms with Gasteiger partial charge in [0, 0.05) is 61.1 Å². The van der Waals surface area contributed by atoms with Crippen LogP contribution in [-0.2, 0) is 27.4 Å². The van der Waals surface area contributed by atoms with Crippen molar-refractivity contribution in [3.63, 3.8) is 0 Å². The van der Waals surface area contributed by atoms with Crippen LogP contribution in [0.2, 0.25) is 5.02 Å². The highest BCUT2D eigenvalue weighted by Crippen LogP contribution is 2.43. The normalized spacial score (nSPS) is 18.9. The number of methoxy groups -OCH3 is 2. The third kappa shape index (κ3) is 10.3. The average Bonchev–Trinajstić information content (AvgIpc) is 3.75. The molecule has 0 bridgehead atoms. The fourth-order valence-electron chi connectivity index (χ4n) is 8.68. The van der Waals surface area contributed by atoms with Gasteiger partial charge in [0.1, 0.15) is 22.6 Å². The van der Waals surface area contributed by atoms with E-state index in [1.165, 1.54) is 0 Å². The number of hydrogen-bond donors (Lipinski definition) is 4. The highest BCUT2D eigenvalue weighted by molar-refractivity contribution is 6.37. The molecule has 6 aromatic rings. The third-order valence-electron chi connectivity index (χ3n) is 12.1. The molecule has 1 aliphatic carbocycles. The van der Waals surface area contributed by atoms with Gasteiger partial charge in [0.25, 0.3) is 6.43 Å². The summed E-state index contributed by atoms with van der Waals surface area (Å²) in [7, 11) is 3.15. The molecule has 4 N–H and O–H groups in total. The fourth-order valence-corrected chi connectivity index (χ4v) is 8.99. The van der Waals surface area contributed by atoms with Crippen LogP contribution < -0.4 is 25.0 Å². The van der Waals surface area contributed by atoms with Crippen molar-refractivity contribution in [2.75, 3.05) is 32.3 Å². The smallest absolute Gasteiger partial charge is 0.420 e. The average molecular weight is 943 g/mol. The number of carboxylic acids is 1. The van der Waals surface area contributed by atoms with Crippen LogP contribution in [0.3, 0.4) is 0 Å². The number of aliphatic carboxylic acids is 1. The summed E-state index contributed by atoms with van der Waals surface area (Å²) >= 11 is 7.35. The lowest BCUT2D eigenvalue weighted by Gasteiger charge is -2.29. The number of hydrogen-bond acceptors (Lipinski definition) is 13. The molecule has 19 heteroatoms. The Kier molecular flexibility index (Phi) is 14.2. The van der Waals surface area contributed by atoms with Gasteiger partial charge in [-0.15, -0.1) is 0 Å². The van der Waals surface area contributed by atoms with Crippen LogP contribution >= 0.6 is 11.6 Å². The summed E-state index contributed by atoms with van der Waals surface area (Å²) in [5.41, 5.74) is 3.11. The Balaban J connectivity index is 1.16. The molecule has 8 rings (SSSR count). The number of aromatic nitrogens is 5. The van der Waals surface area contributed by atoms with Crippen molar-refractivity contribution in [1.82, 2.24) is 35.4 Å². The Labute approximate surface area is 390 Å². The maximum atomic E-state index is 14.7. The van der Waals surface area contributed by atoms with Gasteiger partial charge < -0.3 is 39.8 Å². The fraction of sp³-hybridized carbons (Fsp3) is 0.417. The molecule has 2 fully saturated rings. The number of halogens is 3. The summed E-state index contributed by atoms with van der Waals surface area (Å²) in [4.78, 5) is 39.9. The molecule has 354 valence electrons. The van der Waals surface area contributed by atoms with Gasteiger partial charge in [0.15, 0.2) is 11.6 Å². The molecule has 0 radical (unpaired) electrons. The first-order valence-electron chi connectivity index (χ1n) is 22.1. The van der Waals surface area contributed by atoms with Crippen LogP contribution in [0.25, 0.3) is 38.8 Å². The first-order chi connectivity index (χ1) is 32.1. The Hall–Kier alpha value is -6.05. The predicted octanol–water partition coefficient (Wildman–Crippen LogP) is 8.68. The number of carbonyl (C=O) groups excluding carboxylic acids is 1. The van der Waals surface area contributed by atoms with Crippen LogP contribution in [0.5, 0.6) is 11.5 Å². The van der Waals surface area contributed by atoms with Gasteiger partial charge in [-0.2, -0.15) is 5.10 Å². The first-order valence-corrected chi connectivity index (χ1v) is 22.5. The van der Waals surface area contributed by atoms with Gasteiger partial charge >= 0.3 is 12.1 Å². The second-order valence-electron chi connectivity index (χ2n) is 17.7. The number of nitrogens with one attached hydrogen (secondary N) is 2. The highest BCUT2D eigenvalue weighted by atomic mass is 35.5. The minimum Gasteiger partial charge on any atom is -0.496 e. The van der Waals surface area contributed by atoms with Crippen LogP contribution in [0.1, 0.15) is 76.3 Å². The van der Waals surface area contributed by atoms with E-state index in [0.717, 1.165) is 10.5 Å². The van der Waals surface area contributed by atoms with Crippen molar-refractivity contribution < 1.29 is 47.5 Å². The van der Waals surface area contributed by atoms with Crippen LogP contribution in [0, 0.1) is 5.92 Å². The molecular formula is C48H53ClF2N8O8. The third-order valence-corrected chi connectivity index (χ3v) is 12.5. The molecule has 0 spiro atoms. The Bertz CT molecular complexity index is 2750. The van der Waals surface area contributed by atoms with Crippen LogP contribution in [0.4, 0.5) is 25.1 Å². The molecular weight excluding hydrogens is 890 g/mol. The van der Waals surface area contributed by atoms with Crippen molar-refractivity contribution in [2.45, 2.75) is 96.2 Å². The SMILES string of the molecule is COc1cc(-n2ncc3c(-c4cccc(N(C(=O)OC(C)(C)C)c5nc(C(F)F)nc6cc(CNC7CCC(C(=O)O)CC7)cnc56)c4Cl)cccc32)cc(OC)c1CN[C@@H]1CCOC[C@@H]1O. The molecule has 1 aliphatic heterocycles. The van der Waals surface area contributed by atoms with Gasteiger partial charge in [-0.25, -0.2) is 33.1 Å². The largest absolute Gasteiger partial charge is 0.496 e. The number of carboxylic acid groups (broad SMARTS) is 1. The lowest BCUT2D eigenvalue weighted by Crippen LogP contribution is -2.46. The number of benzene rings is 3. The summed E-state index contributed by atoms with van der Waals surface area (Å²) in [5.74, 6) is -1.14. The number of aliphatic hydroxyl groups excluding tert-OH is 1. The van der Waals surface area contributed by atoms with Gasteiger partial charge in [-0.1, -0.05) is 35.9 Å². The standard InChI is InChI=1S/C48H53ClF2N8O8/c1-48(2,3)67-47(63)58(45-42-35(56-44(57-45)43(50)51)18-26(22-54-42)21-52-28-14-12-27(13-15-28)46(61)62)37-11-7-9-31(41(37)49)30-8-6-10-36-32(30)24-55-59(36)29-19-39(64-4)33(40(20-29)65-5)23-53-34-16-17-66-25-38(34)60/h6-11,18-20,22,24,27-28,34,38,43,52-53,60H,12-17,21,23,25H2,1-5H3,(H,61,62)/t27?,28?,34-,38+/m1/s1. The number of anilines is 2. The minimum atomic E-state index is -3.11. The molecule has 3 aromatic carbocycles. The molecule has 3 aromatic heterocycles. The van der Waals surface area contributed by atoms with Crippen molar-refractivity contribution in [3.8, 4) is 28.3 Å². The van der Waals surface area contributed by atoms with Crippen molar-refractivity contribution in [1.29, 1.82) is 0 Å². The molecule has 1 saturated heterocycles. The summed E-state index contributed by atoms with van der Waals surface area (Å²) in [5, 5.41) is 32.3. The quantitative estimate of drug-likeness (QED) is 0.0810. The minimum absolute atomic E-state index is 0.0552. The Morgan fingerprint density at radius 1 is 0.955 bits per heavy atom. The van der Waals surface area contributed by atoms with E-state index in [1.807, 2.05) is 30.3 Å². The molecule has 2 aliphatic rings. The number of aliphatic hydroxyl groups is 1. The zero-order valence-corrected chi connectivity index (χ0v) is 38.5. The molecule has 16 nitrogen and oxygen atoms in total.